The minimum atomic E-state index is 0.373. The quantitative estimate of drug-likeness (QED) is 0.899. The van der Waals surface area contributed by atoms with Gasteiger partial charge in [-0.25, -0.2) is 9.97 Å². The Bertz CT molecular complexity index is 592. The van der Waals surface area contributed by atoms with E-state index in [1.165, 1.54) is 6.33 Å². The normalized spacial score (nSPS) is 10.1. The van der Waals surface area contributed by atoms with Crippen molar-refractivity contribution in [3.05, 3.63) is 29.0 Å². The second kappa shape index (κ2) is 5.75. The van der Waals surface area contributed by atoms with Crippen LogP contribution in [0.2, 0.25) is 0 Å². The molecule has 7 heteroatoms. The summed E-state index contributed by atoms with van der Waals surface area (Å²) in [6.45, 7) is 0. The molecule has 3 N–H and O–H groups in total. The number of aromatic nitrogens is 2. The van der Waals surface area contributed by atoms with Crippen molar-refractivity contribution in [1.29, 1.82) is 0 Å². The van der Waals surface area contributed by atoms with Crippen molar-refractivity contribution in [2.24, 2.45) is 0 Å². The molecule has 0 fully saturated rings. The number of halogens is 1. The van der Waals surface area contributed by atoms with E-state index in [-0.39, 0.29) is 0 Å². The van der Waals surface area contributed by atoms with Gasteiger partial charge in [-0.3, -0.25) is 0 Å². The number of nitrogens with two attached hydrogens (primary N) is 1. The van der Waals surface area contributed by atoms with Gasteiger partial charge in [0.1, 0.15) is 22.4 Å². The van der Waals surface area contributed by atoms with Crippen molar-refractivity contribution in [2.45, 2.75) is 0 Å². The lowest BCUT2D eigenvalue weighted by Crippen LogP contribution is -2.00. The van der Waals surface area contributed by atoms with E-state index in [2.05, 4.69) is 31.2 Å². The molecule has 0 radical (unpaired) electrons. The minimum Gasteiger partial charge on any atom is -0.493 e. The predicted octanol–water partition coefficient (Wildman–Crippen LogP) is 2.58. The Morgan fingerprint density at radius 1 is 1.16 bits per heavy atom. The standard InChI is InChI=1S/C12H13BrN4O2/c1-18-8-4-3-7(5-9(8)19-2)17-12-10(13)11(14)15-6-16-12/h3-6H,1-2H3,(H3,14,15,16,17). The highest BCUT2D eigenvalue weighted by molar-refractivity contribution is 9.10. The van der Waals surface area contributed by atoms with Crippen molar-refractivity contribution in [2.75, 3.05) is 25.3 Å². The molecule has 0 unspecified atom stereocenters. The summed E-state index contributed by atoms with van der Waals surface area (Å²) >= 11 is 3.33. The molecule has 0 saturated heterocycles. The van der Waals surface area contributed by atoms with E-state index in [0.717, 1.165) is 5.69 Å². The number of hydrogen-bond donors (Lipinski definition) is 2. The number of methoxy groups -OCH3 is 2. The summed E-state index contributed by atoms with van der Waals surface area (Å²) in [6, 6.07) is 5.47. The number of rotatable bonds is 4. The molecule has 0 aliphatic carbocycles. The van der Waals surface area contributed by atoms with Crippen LogP contribution in [-0.4, -0.2) is 24.2 Å². The van der Waals surface area contributed by atoms with Gasteiger partial charge in [0.25, 0.3) is 0 Å². The van der Waals surface area contributed by atoms with Gasteiger partial charge in [0, 0.05) is 11.8 Å². The van der Waals surface area contributed by atoms with Gasteiger partial charge in [0.05, 0.1) is 14.2 Å². The molecule has 6 nitrogen and oxygen atoms in total. The summed E-state index contributed by atoms with van der Waals surface area (Å²) in [4.78, 5) is 7.99. The van der Waals surface area contributed by atoms with Gasteiger partial charge in [0.15, 0.2) is 11.5 Å². The molecule has 2 rings (SSSR count). The number of nitrogens with one attached hydrogen (secondary N) is 1. The number of nitrogen functional groups attached to an aromatic ring is 1. The lowest BCUT2D eigenvalue weighted by molar-refractivity contribution is 0.355. The van der Waals surface area contributed by atoms with Crippen molar-refractivity contribution >= 4 is 33.3 Å². The van der Waals surface area contributed by atoms with Gasteiger partial charge in [-0.15, -0.1) is 0 Å². The Balaban J connectivity index is 2.31. The fraction of sp³-hybridized carbons (Fsp3) is 0.167. The Labute approximate surface area is 119 Å². The lowest BCUT2D eigenvalue weighted by atomic mass is 10.2. The molecule has 0 bridgehead atoms. The zero-order chi connectivity index (χ0) is 13.8. The fourth-order valence-corrected chi connectivity index (χ4v) is 1.83. The van der Waals surface area contributed by atoms with E-state index in [1.54, 1.807) is 20.3 Å². The van der Waals surface area contributed by atoms with E-state index in [1.807, 2.05) is 12.1 Å². The van der Waals surface area contributed by atoms with Crippen LogP contribution in [-0.2, 0) is 0 Å². The van der Waals surface area contributed by atoms with Crippen LogP contribution in [0.3, 0.4) is 0 Å². The van der Waals surface area contributed by atoms with Crippen LogP contribution in [0, 0.1) is 0 Å². The second-order valence-corrected chi connectivity index (χ2v) is 4.41. The maximum atomic E-state index is 5.69. The Morgan fingerprint density at radius 2 is 1.89 bits per heavy atom. The average Bonchev–Trinajstić information content (AvgIpc) is 2.43. The molecule has 1 heterocycles. The van der Waals surface area contributed by atoms with Gasteiger partial charge in [0.2, 0.25) is 0 Å². The SMILES string of the molecule is COc1ccc(Nc2ncnc(N)c2Br)cc1OC. The Morgan fingerprint density at radius 3 is 2.58 bits per heavy atom. The molecule has 0 aliphatic heterocycles. The molecule has 0 spiro atoms. The van der Waals surface area contributed by atoms with Crippen LogP contribution in [0.15, 0.2) is 29.0 Å². The van der Waals surface area contributed by atoms with Gasteiger partial charge >= 0.3 is 0 Å². The summed E-state index contributed by atoms with van der Waals surface area (Å²) in [5.74, 6) is 2.25. The third-order valence-electron chi connectivity index (χ3n) is 2.46. The smallest absolute Gasteiger partial charge is 0.162 e. The summed E-state index contributed by atoms with van der Waals surface area (Å²) in [7, 11) is 3.17. The highest BCUT2D eigenvalue weighted by atomic mass is 79.9. The number of benzene rings is 1. The molecule has 0 aliphatic rings. The highest BCUT2D eigenvalue weighted by Crippen LogP contribution is 2.32. The van der Waals surface area contributed by atoms with Crippen molar-refractivity contribution < 1.29 is 9.47 Å². The first-order chi connectivity index (χ1) is 9.15. The van der Waals surface area contributed by atoms with E-state index in [9.17, 15) is 0 Å². The van der Waals surface area contributed by atoms with Gasteiger partial charge in [-0.2, -0.15) is 0 Å². The number of hydrogen-bond acceptors (Lipinski definition) is 6. The minimum absolute atomic E-state index is 0.373. The first-order valence-electron chi connectivity index (χ1n) is 5.40. The van der Waals surface area contributed by atoms with Crippen molar-refractivity contribution in [3.63, 3.8) is 0 Å². The maximum Gasteiger partial charge on any atom is 0.162 e. The van der Waals surface area contributed by atoms with Crippen LogP contribution in [0.5, 0.6) is 11.5 Å². The van der Waals surface area contributed by atoms with E-state index >= 15 is 0 Å². The van der Waals surface area contributed by atoms with E-state index < -0.39 is 0 Å². The van der Waals surface area contributed by atoms with Crippen LogP contribution in [0.1, 0.15) is 0 Å². The summed E-state index contributed by atoms with van der Waals surface area (Å²) in [5.41, 5.74) is 6.50. The molecular formula is C12H13BrN4O2. The van der Waals surface area contributed by atoms with Crippen LogP contribution in [0.25, 0.3) is 0 Å². The molecule has 1 aromatic carbocycles. The maximum absolute atomic E-state index is 5.69. The van der Waals surface area contributed by atoms with Crippen LogP contribution >= 0.6 is 15.9 Å². The first-order valence-corrected chi connectivity index (χ1v) is 6.20. The van der Waals surface area contributed by atoms with Gasteiger partial charge in [-0.05, 0) is 28.1 Å². The molecule has 0 amide bonds. The van der Waals surface area contributed by atoms with Gasteiger partial charge in [-0.1, -0.05) is 0 Å². The largest absolute Gasteiger partial charge is 0.493 e. The molecule has 2 aromatic rings. The number of ether oxygens (including phenoxy) is 2. The van der Waals surface area contributed by atoms with Crippen LogP contribution in [0.4, 0.5) is 17.3 Å². The summed E-state index contributed by atoms with van der Waals surface area (Å²) in [6.07, 6.45) is 1.39. The van der Waals surface area contributed by atoms with Crippen molar-refractivity contribution in [1.82, 2.24) is 9.97 Å². The number of anilines is 3. The average molecular weight is 325 g/mol. The van der Waals surface area contributed by atoms with E-state index in [4.69, 9.17) is 15.2 Å². The number of nitrogens with zero attached hydrogens (tertiary/aromatic N) is 2. The summed E-state index contributed by atoms with van der Waals surface area (Å²) in [5, 5.41) is 3.13. The molecule has 19 heavy (non-hydrogen) atoms. The monoisotopic (exact) mass is 324 g/mol. The highest BCUT2D eigenvalue weighted by Gasteiger charge is 2.08. The first kappa shape index (κ1) is 13.4. The Hall–Kier alpha value is -2.02. The topological polar surface area (TPSA) is 82.3 Å². The molecule has 100 valence electrons. The second-order valence-electron chi connectivity index (χ2n) is 3.62. The van der Waals surface area contributed by atoms with E-state index in [0.29, 0.717) is 27.6 Å². The molecule has 0 saturated carbocycles. The fourth-order valence-electron chi connectivity index (χ4n) is 1.52. The van der Waals surface area contributed by atoms with Crippen molar-refractivity contribution in [3.8, 4) is 11.5 Å². The zero-order valence-corrected chi connectivity index (χ0v) is 12.1. The summed E-state index contributed by atoms with van der Waals surface area (Å²) < 4.78 is 11.0. The molecular weight excluding hydrogens is 312 g/mol. The molecule has 1 aromatic heterocycles. The third kappa shape index (κ3) is 2.87. The lowest BCUT2D eigenvalue weighted by Gasteiger charge is -2.11. The Kier molecular flexibility index (Phi) is 4.06. The van der Waals surface area contributed by atoms with Crippen LogP contribution < -0.4 is 20.5 Å². The predicted molar refractivity (Wildman–Crippen MR) is 77.0 cm³/mol. The third-order valence-corrected chi connectivity index (χ3v) is 3.24. The molecule has 0 atom stereocenters. The zero-order valence-electron chi connectivity index (χ0n) is 10.5. The van der Waals surface area contributed by atoms with Gasteiger partial charge < -0.3 is 20.5 Å².